The fourth-order valence-electron chi connectivity index (χ4n) is 2.01. The number of ether oxygens (including phenoxy) is 1. The summed E-state index contributed by atoms with van der Waals surface area (Å²) < 4.78 is 19.0. The van der Waals surface area contributed by atoms with Gasteiger partial charge in [-0.3, -0.25) is 0 Å². The van der Waals surface area contributed by atoms with Crippen molar-refractivity contribution in [3.8, 4) is 5.75 Å². The molecule has 0 fully saturated rings. The van der Waals surface area contributed by atoms with Gasteiger partial charge in [0.05, 0.1) is 7.11 Å². The smallest absolute Gasteiger partial charge is 0.171 e. The summed E-state index contributed by atoms with van der Waals surface area (Å²) in [5.74, 6) is -0.376. The van der Waals surface area contributed by atoms with Gasteiger partial charge in [-0.05, 0) is 23.6 Å². The lowest BCUT2D eigenvalue weighted by Crippen LogP contribution is -2.04. The summed E-state index contributed by atoms with van der Waals surface area (Å²) >= 11 is 0. The van der Waals surface area contributed by atoms with E-state index in [1.165, 1.54) is 18.7 Å². The van der Waals surface area contributed by atoms with Gasteiger partial charge in [-0.2, -0.15) is 0 Å². The number of methoxy groups -OCH3 is 1. The van der Waals surface area contributed by atoms with E-state index in [1.807, 2.05) is 24.3 Å². The first kappa shape index (κ1) is 13.6. The molecule has 19 heavy (non-hydrogen) atoms. The first-order valence-electron chi connectivity index (χ1n) is 6.26. The van der Waals surface area contributed by atoms with Crippen LogP contribution in [0, 0.1) is 5.82 Å². The van der Waals surface area contributed by atoms with Crippen molar-refractivity contribution in [2.45, 2.75) is 19.4 Å². The molecule has 0 amide bonds. The fourth-order valence-corrected chi connectivity index (χ4v) is 2.01. The van der Waals surface area contributed by atoms with Crippen molar-refractivity contribution in [2.24, 2.45) is 0 Å². The van der Waals surface area contributed by atoms with Gasteiger partial charge in [-0.15, -0.1) is 0 Å². The summed E-state index contributed by atoms with van der Waals surface area (Å²) in [6.07, 6.45) is -0.0508. The van der Waals surface area contributed by atoms with Crippen molar-refractivity contribution in [1.29, 1.82) is 0 Å². The Kier molecular flexibility index (Phi) is 4.17. The highest BCUT2D eigenvalue weighted by Gasteiger charge is 2.17. The summed E-state index contributed by atoms with van der Waals surface area (Å²) in [4.78, 5) is 0. The molecule has 0 bridgehead atoms. The maximum Gasteiger partial charge on any atom is 0.171 e. The SMILES string of the molecule is CCc1ccc(C(O)c2cccc(OC)c2F)cc1. The van der Waals surface area contributed by atoms with Gasteiger partial charge in [0.1, 0.15) is 6.10 Å². The molecule has 100 valence electrons. The van der Waals surface area contributed by atoms with E-state index in [4.69, 9.17) is 4.74 Å². The second kappa shape index (κ2) is 5.85. The fraction of sp³-hybridized carbons (Fsp3) is 0.250. The molecule has 0 aromatic heterocycles. The standard InChI is InChI=1S/C16H17FO2/c1-3-11-7-9-12(10-8-11)16(18)13-5-4-6-14(19-2)15(13)17/h4-10,16,18H,3H2,1-2H3. The van der Waals surface area contributed by atoms with Crippen LogP contribution in [0.15, 0.2) is 42.5 Å². The number of hydrogen-bond acceptors (Lipinski definition) is 2. The normalized spacial score (nSPS) is 12.2. The third-order valence-electron chi connectivity index (χ3n) is 3.21. The van der Waals surface area contributed by atoms with Crippen LogP contribution < -0.4 is 4.74 Å². The quantitative estimate of drug-likeness (QED) is 0.912. The van der Waals surface area contributed by atoms with Gasteiger partial charge in [0.25, 0.3) is 0 Å². The number of benzene rings is 2. The predicted octanol–water partition coefficient (Wildman–Crippen LogP) is 3.48. The number of aliphatic hydroxyl groups excluding tert-OH is 1. The highest BCUT2D eigenvalue weighted by Crippen LogP contribution is 2.29. The van der Waals surface area contributed by atoms with Gasteiger partial charge in [-0.25, -0.2) is 4.39 Å². The van der Waals surface area contributed by atoms with E-state index in [9.17, 15) is 9.50 Å². The van der Waals surface area contributed by atoms with Crippen LogP contribution in [-0.4, -0.2) is 12.2 Å². The van der Waals surface area contributed by atoms with Crippen LogP contribution in [0.3, 0.4) is 0 Å². The van der Waals surface area contributed by atoms with Crippen LogP contribution >= 0.6 is 0 Å². The lowest BCUT2D eigenvalue weighted by atomic mass is 9.99. The topological polar surface area (TPSA) is 29.5 Å². The van der Waals surface area contributed by atoms with Crippen molar-refractivity contribution in [3.63, 3.8) is 0 Å². The Morgan fingerprint density at radius 1 is 1.16 bits per heavy atom. The number of rotatable bonds is 4. The minimum Gasteiger partial charge on any atom is -0.494 e. The molecule has 2 aromatic rings. The molecule has 0 heterocycles. The summed E-state index contributed by atoms with van der Waals surface area (Å²) in [6.45, 7) is 2.06. The largest absolute Gasteiger partial charge is 0.494 e. The molecule has 1 unspecified atom stereocenters. The van der Waals surface area contributed by atoms with Gasteiger partial charge >= 0.3 is 0 Å². The second-order valence-corrected chi connectivity index (χ2v) is 4.36. The Hall–Kier alpha value is -1.87. The van der Waals surface area contributed by atoms with Gasteiger partial charge in [0.2, 0.25) is 0 Å². The molecule has 0 aliphatic carbocycles. The van der Waals surface area contributed by atoms with E-state index >= 15 is 0 Å². The summed E-state index contributed by atoms with van der Waals surface area (Å²) in [7, 11) is 1.41. The zero-order chi connectivity index (χ0) is 13.8. The lowest BCUT2D eigenvalue weighted by Gasteiger charge is -2.14. The monoisotopic (exact) mass is 260 g/mol. The average Bonchev–Trinajstić information content (AvgIpc) is 2.47. The first-order chi connectivity index (χ1) is 9.17. The van der Waals surface area contributed by atoms with Crippen LogP contribution in [-0.2, 0) is 6.42 Å². The Bertz CT molecular complexity index is 549. The van der Waals surface area contributed by atoms with Crippen LogP contribution in [0.2, 0.25) is 0 Å². The third-order valence-corrected chi connectivity index (χ3v) is 3.21. The van der Waals surface area contributed by atoms with Gasteiger partial charge in [0.15, 0.2) is 11.6 Å². The lowest BCUT2D eigenvalue weighted by molar-refractivity contribution is 0.213. The zero-order valence-corrected chi connectivity index (χ0v) is 11.1. The van der Waals surface area contributed by atoms with E-state index < -0.39 is 11.9 Å². The predicted molar refractivity (Wildman–Crippen MR) is 72.8 cm³/mol. The molecule has 0 saturated heterocycles. The van der Waals surface area contributed by atoms with Crippen LogP contribution in [0.4, 0.5) is 4.39 Å². The van der Waals surface area contributed by atoms with Crippen LogP contribution in [0.1, 0.15) is 29.7 Å². The van der Waals surface area contributed by atoms with Crippen molar-refractivity contribution < 1.29 is 14.2 Å². The second-order valence-electron chi connectivity index (χ2n) is 4.36. The van der Waals surface area contributed by atoms with Crippen molar-refractivity contribution in [3.05, 3.63) is 65.0 Å². The van der Waals surface area contributed by atoms with E-state index in [0.717, 1.165) is 6.42 Å². The molecule has 0 aliphatic heterocycles. The van der Waals surface area contributed by atoms with E-state index in [0.29, 0.717) is 5.56 Å². The van der Waals surface area contributed by atoms with E-state index in [2.05, 4.69) is 6.92 Å². The molecule has 3 heteroatoms. The van der Waals surface area contributed by atoms with Crippen molar-refractivity contribution in [1.82, 2.24) is 0 Å². The third kappa shape index (κ3) is 2.76. The number of aliphatic hydroxyl groups is 1. The minimum atomic E-state index is -0.985. The van der Waals surface area contributed by atoms with Gasteiger partial charge < -0.3 is 9.84 Å². The number of hydrogen-bond donors (Lipinski definition) is 1. The number of halogens is 1. The Morgan fingerprint density at radius 3 is 2.42 bits per heavy atom. The molecule has 1 N–H and O–H groups in total. The Balaban J connectivity index is 2.35. The molecule has 2 aromatic carbocycles. The molecule has 2 nitrogen and oxygen atoms in total. The zero-order valence-electron chi connectivity index (χ0n) is 11.1. The highest BCUT2D eigenvalue weighted by atomic mass is 19.1. The van der Waals surface area contributed by atoms with Crippen LogP contribution in [0.5, 0.6) is 5.75 Å². The molecular weight excluding hydrogens is 243 g/mol. The first-order valence-corrected chi connectivity index (χ1v) is 6.26. The average molecular weight is 260 g/mol. The van der Waals surface area contributed by atoms with Gasteiger partial charge in [-0.1, -0.05) is 43.3 Å². The van der Waals surface area contributed by atoms with E-state index in [-0.39, 0.29) is 11.3 Å². The van der Waals surface area contributed by atoms with Crippen LogP contribution in [0.25, 0.3) is 0 Å². The van der Waals surface area contributed by atoms with Gasteiger partial charge in [0, 0.05) is 5.56 Å². The number of aryl methyl sites for hydroxylation is 1. The molecule has 0 radical (unpaired) electrons. The molecule has 0 saturated carbocycles. The summed E-state index contributed by atoms with van der Waals surface area (Å²) in [5, 5.41) is 10.3. The molecule has 1 atom stereocenters. The summed E-state index contributed by atoms with van der Waals surface area (Å²) in [5.41, 5.74) is 2.08. The van der Waals surface area contributed by atoms with Crippen molar-refractivity contribution >= 4 is 0 Å². The molecule has 0 aliphatic rings. The summed E-state index contributed by atoms with van der Waals surface area (Å²) in [6, 6.07) is 12.3. The highest BCUT2D eigenvalue weighted by molar-refractivity contribution is 5.37. The van der Waals surface area contributed by atoms with E-state index in [1.54, 1.807) is 12.1 Å². The molecule has 0 spiro atoms. The Labute approximate surface area is 112 Å². The minimum absolute atomic E-state index is 0.140. The Morgan fingerprint density at radius 2 is 1.84 bits per heavy atom. The maximum atomic E-state index is 14.1. The maximum absolute atomic E-state index is 14.1. The van der Waals surface area contributed by atoms with Crippen molar-refractivity contribution in [2.75, 3.05) is 7.11 Å². The molecular formula is C16H17FO2. The molecule has 2 rings (SSSR count).